The van der Waals surface area contributed by atoms with E-state index in [0.717, 1.165) is 31.9 Å². The van der Waals surface area contributed by atoms with Crippen LogP contribution in [0.15, 0.2) is 24.3 Å². The number of nitrogens with zero attached hydrogens (tertiary/aromatic N) is 3. The molecular weight excluding hydrogens is 380 g/mol. The normalized spacial score (nSPS) is 16.3. The number of carbonyl (C=O) groups excluding carboxylic acids is 2. The highest BCUT2D eigenvalue weighted by atomic mass is 16.3. The first-order valence-electron chi connectivity index (χ1n) is 10.3. The monoisotopic (exact) mass is 408 g/mol. The van der Waals surface area contributed by atoms with Gasteiger partial charge in [0.05, 0.1) is 28.1 Å². The zero-order valence-corrected chi connectivity index (χ0v) is 18.0. The molecule has 7 nitrogen and oxygen atoms in total. The van der Waals surface area contributed by atoms with Gasteiger partial charge in [0.1, 0.15) is 5.75 Å². The third-order valence-corrected chi connectivity index (χ3v) is 5.93. The van der Waals surface area contributed by atoms with Crippen LogP contribution in [0, 0.1) is 0 Å². The van der Waals surface area contributed by atoms with E-state index >= 15 is 0 Å². The average Bonchev–Trinajstić information content (AvgIpc) is 2.73. The zero-order chi connectivity index (χ0) is 21.6. The second kappa shape index (κ2) is 7.65. The Hall–Kier alpha value is -3.06. The molecule has 2 aliphatic rings. The summed E-state index contributed by atoms with van der Waals surface area (Å²) in [6.07, 6.45) is 0. The number of carbonyl (C=O) groups is 2. The Balaban J connectivity index is 1.91. The van der Waals surface area contributed by atoms with Crippen LogP contribution in [0.25, 0.3) is 0 Å². The maximum atomic E-state index is 13.6. The summed E-state index contributed by atoms with van der Waals surface area (Å²) >= 11 is 0. The summed E-state index contributed by atoms with van der Waals surface area (Å²) in [4.78, 5) is 33.5. The molecule has 4 rings (SSSR count). The third-order valence-electron chi connectivity index (χ3n) is 5.93. The van der Waals surface area contributed by atoms with Gasteiger partial charge in [0.25, 0.3) is 0 Å². The summed E-state index contributed by atoms with van der Waals surface area (Å²) in [6.45, 7) is 5.89. The molecule has 158 valence electrons. The number of rotatable bonds is 4. The molecule has 7 heteroatoms. The van der Waals surface area contributed by atoms with Crippen molar-refractivity contribution in [1.29, 1.82) is 0 Å². The van der Waals surface area contributed by atoms with Crippen molar-refractivity contribution in [1.82, 2.24) is 4.90 Å². The predicted molar refractivity (Wildman–Crippen MR) is 120 cm³/mol. The van der Waals surface area contributed by atoms with E-state index < -0.39 is 0 Å². The number of fused-ring (bicyclic) bond motifs is 2. The molecule has 2 aromatic carbocycles. The summed E-state index contributed by atoms with van der Waals surface area (Å²) in [6, 6.07) is 7.01. The van der Waals surface area contributed by atoms with Gasteiger partial charge in [-0.3, -0.25) is 9.59 Å². The van der Waals surface area contributed by atoms with Gasteiger partial charge in [-0.05, 0) is 20.0 Å². The van der Waals surface area contributed by atoms with Crippen LogP contribution in [0.3, 0.4) is 0 Å². The fourth-order valence-electron chi connectivity index (χ4n) is 4.36. The second-order valence-corrected chi connectivity index (χ2v) is 8.11. The van der Waals surface area contributed by atoms with Crippen LogP contribution in [0.2, 0.25) is 0 Å². The number of ketones is 2. The molecule has 0 radical (unpaired) electrons. The lowest BCUT2D eigenvalue weighted by molar-refractivity contribution is 0.0977. The quantitative estimate of drug-likeness (QED) is 0.642. The maximum absolute atomic E-state index is 13.6. The first-order chi connectivity index (χ1) is 14.3. The number of hydrogen-bond acceptors (Lipinski definition) is 7. The molecule has 0 aromatic heterocycles. The van der Waals surface area contributed by atoms with Crippen molar-refractivity contribution in [3.05, 3.63) is 46.5 Å². The average molecular weight is 409 g/mol. The SMILES string of the molecule is CCNc1c(N(C)C)cc(O)c2c1C(=O)c1cccc(N3CCN(C)CC3)c1C2=O. The zero-order valence-electron chi connectivity index (χ0n) is 18.0. The fraction of sp³-hybridized carbons (Fsp3) is 0.391. The second-order valence-electron chi connectivity index (χ2n) is 8.11. The molecule has 0 amide bonds. The number of hydrogen-bond donors (Lipinski definition) is 2. The first kappa shape index (κ1) is 20.2. The van der Waals surface area contributed by atoms with E-state index in [9.17, 15) is 14.7 Å². The van der Waals surface area contributed by atoms with Crippen molar-refractivity contribution >= 4 is 28.6 Å². The lowest BCUT2D eigenvalue weighted by atomic mass is 9.81. The van der Waals surface area contributed by atoms with Gasteiger partial charge < -0.3 is 25.1 Å². The van der Waals surface area contributed by atoms with Gasteiger partial charge in [0.15, 0.2) is 11.6 Å². The van der Waals surface area contributed by atoms with Crippen molar-refractivity contribution in [2.24, 2.45) is 0 Å². The standard InChI is InChI=1S/C23H28N4O3/c1-5-24-21-16(25(2)3)13-17(28)19-20(21)22(29)14-7-6-8-15(18(14)23(19)30)27-11-9-26(4)10-12-27/h6-8,13,24,28H,5,9-12H2,1-4H3. The van der Waals surface area contributed by atoms with Crippen LogP contribution in [-0.2, 0) is 0 Å². The number of likely N-dealkylation sites (N-methyl/N-ethyl adjacent to an activating group) is 1. The number of phenolic OH excluding ortho intramolecular Hbond substituents is 1. The Morgan fingerprint density at radius 1 is 1.03 bits per heavy atom. The molecule has 2 aromatic rings. The van der Waals surface area contributed by atoms with Crippen LogP contribution in [0.4, 0.5) is 17.1 Å². The number of anilines is 3. The number of phenols is 1. The van der Waals surface area contributed by atoms with Crippen LogP contribution < -0.4 is 15.1 Å². The number of aromatic hydroxyl groups is 1. The van der Waals surface area contributed by atoms with Crippen molar-refractivity contribution in [3.63, 3.8) is 0 Å². The van der Waals surface area contributed by atoms with Crippen molar-refractivity contribution in [2.75, 3.05) is 69.0 Å². The molecule has 0 bridgehead atoms. The van der Waals surface area contributed by atoms with E-state index in [1.54, 1.807) is 12.1 Å². The third kappa shape index (κ3) is 3.10. The molecule has 1 saturated heterocycles. The van der Waals surface area contributed by atoms with E-state index in [0.29, 0.717) is 29.0 Å². The molecule has 2 N–H and O–H groups in total. The highest BCUT2D eigenvalue weighted by Gasteiger charge is 2.38. The van der Waals surface area contributed by atoms with Gasteiger partial charge in [-0.15, -0.1) is 0 Å². The fourth-order valence-corrected chi connectivity index (χ4v) is 4.36. The Morgan fingerprint density at radius 2 is 1.73 bits per heavy atom. The summed E-state index contributed by atoms with van der Waals surface area (Å²) in [5, 5.41) is 14.0. The van der Waals surface area contributed by atoms with E-state index in [4.69, 9.17) is 0 Å². The molecule has 0 saturated carbocycles. The van der Waals surface area contributed by atoms with Gasteiger partial charge in [-0.1, -0.05) is 12.1 Å². The van der Waals surface area contributed by atoms with Crippen LogP contribution in [0.5, 0.6) is 5.75 Å². The highest BCUT2D eigenvalue weighted by molar-refractivity contribution is 6.33. The van der Waals surface area contributed by atoms with Crippen LogP contribution in [0.1, 0.15) is 38.8 Å². The predicted octanol–water partition coefficient (Wildman–Crippen LogP) is 2.42. The van der Waals surface area contributed by atoms with Crippen molar-refractivity contribution in [3.8, 4) is 5.75 Å². The van der Waals surface area contributed by atoms with Crippen LogP contribution >= 0.6 is 0 Å². The van der Waals surface area contributed by atoms with Gasteiger partial charge in [0.2, 0.25) is 0 Å². The number of piperazine rings is 1. The van der Waals surface area contributed by atoms with Gasteiger partial charge >= 0.3 is 0 Å². The van der Waals surface area contributed by atoms with E-state index in [-0.39, 0.29) is 28.4 Å². The Kier molecular flexibility index (Phi) is 5.15. The van der Waals surface area contributed by atoms with Gasteiger partial charge in [0, 0.05) is 64.1 Å². The number of nitrogens with one attached hydrogen (secondary N) is 1. The molecule has 1 heterocycles. The van der Waals surface area contributed by atoms with E-state index in [2.05, 4.69) is 22.2 Å². The topological polar surface area (TPSA) is 76.1 Å². The summed E-state index contributed by atoms with van der Waals surface area (Å²) < 4.78 is 0. The minimum atomic E-state index is -0.295. The maximum Gasteiger partial charge on any atom is 0.200 e. The summed E-state index contributed by atoms with van der Waals surface area (Å²) in [5.74, 6) is -0.686. The Labute approximate surface area is 176 Å². The lowest BCUT2D eigenvalue weighted by Gasteiger charge is -2.36. The first-order valence-corrected chi connectivity index (χ1v) is 10.3. The minimum Gasteiger partial charge on any atom is -0.507 e. The van der Waals surface area contributed by atoms with E-state index in [1.807, 2.05) is 38.1 Å². The molecule has 0 unspecified atom stereocenters. The molecule has 0 spiro atoms. The smallest absolute Gasteiger partial charge is 0.200 e. The van der Waals surface area contributed by atoms with Gasteiger partial charge in [-0.2, -0.15) is 0 Å². The number of benzene rings is 2. The van der Waals surface area contributed by atoms with Crippen molar-refractivity contribution < 1.29 is 14.7 Å². The minimum absolute atomic E-state index is 0.0932. The summed E-state index contributed by atoms with van der Waals surface area (Å²) in [7, 11) is 5.76. The van der Waals surface area contributed by atoms with Crippen LogP contribution in [-0.4, -0.2) is 75.4 Å². The van der Waals surface area contributed by atoms with Gasteiger partial charge in [-0.25, -0.2) is 0 Å². The Bertz CT molecular complexity index is 1020. The molecule has 1 fully saturated rings. The molecular formula is C23H28N4O3. The molecule has 1 aliphatic carbocycles. The molecule has 0 atom stereocenters. The van der Waals surface area contributed by atoms with E-state index in [1.165, 1.54) is 0 Å². The highest BCUT2D eigenvalue weighted by Crippen LogP contribution is 2.44. The summed E-state index contributed by atoms with van der Waals surface area (Å²) in [5.41, 5.74) is 3.18. The van der Waals surface area contributed by atoms with Crippen molar-refractivity contribution in [2.45, 2.75) is 6.92 Å². The Morgan fingerprint density at radius 3 is 2.37 bits per heavy atom. The largest absolute Gasteiger partial charge is 0.507 e. The molecule has 1 aliphatic heterocycles. The molecule has 30 heavy (non-hydrogen) atoms. The lowest BCUT2D eigenvalue weighted by Crippen LogP contribution is -2.45.